The average Bonchev–Trinajstić information content (AvgIpc) is 2.49. The van der Waals surface area contributed by atoms with Gasteiger partial charge in [-0.15, -0.1) is 12.4 Å². The van der Waals surface area contributed by atoms with Crippen molar-refractivity contribution in [2.75, 3.05) is 25.1 Å². The maximum absolute atomic E-state index is 13.4. The minimum Gasteiger partial charge on any atom is -0.353 e. The number of rotatable bonds is 8. The summed E-state index contributed by atoms with van der Waals surface area (Å²) in [6.07, 6.45) is 2.55. The van der Waals surface area contributed by atoms with E-state index in [9.17, 15) is 14.0 Å². The lowest BCUT2D eigenvalue weighted by Gasteiger charge is -2.12. The Balaban J connectivity index is 0.00000441. The van der Waals surface area contributed by atoms with Crippen LogP contribution in [-0.4, -0.2) is 43.0 Å². The zero-order chi connectivity index (χ0) is 15.7. The van der Waals surface area contributed by atoms with Crippen LogP contribution in [0.15, 0.2) is 24.3 Å². The molecule has 0 heterocycles. The smallest absolute Gasteiger partial charge is 0.254 e. The SMILES string of the molecule is CSCC[C@H](N)C(=O)NCCNC(=O)c1ccccc1F.Cl. The van der Waals surface area contributed by atoms with Crippen molar-refractivity contribution in [1.82, 2.24) is 10.6 Å². The summed E-state index contributed by atoms with van der Waals surface area (Å²) in [5.41, 5.74) is 5.68. The van der Waals surface area contributed by atoms with E-state index in [1.54, 1.807) is 17.8 Å². The highest BCUT2D eigenvalue weighted by atomic mass is 35.5. The molecule has 0 fully saturated rings. The van der Waals surface area contributed by atoms with Gasteiger partial charge in [-0.25, -0.2) is 4.39 Å². The Bertz CT molecular complexity index is 491. The van der Waals surface area contributed by atoms with Crippen molar-refractivity contribution >= 4 is 36.0 Å². The van der Waals surface area contributed by atoms with Crippen LogP contribution < -0.4 is 16.4 Å². The number of hydrogen-bond donors (Lipinski definition) is 3. The molecule has 22 heavy (non-hydrogen) atoms. The van der Waals surface area contributed by atoms with E-state index in [1.165, 1.54) is 18.2 Å². The first-order valence-electron chi connectivity index (χ1n) is 6.61. The van der Waals surface area contributed by atoms with Crippen molar-refractivity contribution in [3.63, 3.8) is 0 Å². The fraction of sp³-hybridized carbons (Fsp3) is 0.429. The summed E-state index contributed by atoms with van der Waals surface area (Å²) in [5, 5.41) is 5.17. The highest BCUT2D eigenvalue weighted by molar-refractivity contribution is 7.98. The summed E-state index contributed by atoms with van der Waals surface area (Å²) in [7, 11) is 0. The molecule has 8 heteroatoms. The van der Waals surface area contributed by atoms with E-state index in [4.69, 9.17) is 5.73 Å². The van der Waals surface area contributed by atoms with Crippen LogP contribution in [0, 0.1) is 5.82 Å². The van der Waals surface area contributed by atoms with Crippen molar-refractivity contribution in [2.24, 2.45) is 5.73 Å². The molecule has 0 unspecified atom stereocenters. The fourth-order valence-corrected chi connectivity index (χ4v) is 2.10. The van der Waals surface area contributed by atoms with Crippen LogP contribution in [0.3, 0.4) is 0 Å². The van der Waals surface area contributed by atoms with Crippen molar-refractivity contribution in [2.45, 2.75) is 12.5 Å². The molecule has 0 aliphatic carbocycles. The standard InChI is InChI=1S/C14H20FN3O2S.ClH/c1-21-9-6-12(16)14(20)18-8-7-17-13(19)10-4-2-3-5-11(10)15;/h2-5,12H,6-9,16H2,1H3,(H,17,19)(H,18,20);1H/t12-;/m0./s1. The van der Waals surface area contributed by atoms with Crippen LogP contribution >= 0.6 is 24.2 Å². The van der Waals surface area contributed by atoms with Gasteiger partial charge in [0.1, 0.15) is 5.82 Å². The Morgan fingerprint density at radius 1 is 1.27 bits per heavy atom. The maximum atomic E-state index is 13.4. The predicted octanol–water partition coefficient (Wildman–Crippen LogP) is 1.17. The van der Waals surface area contributed by atoms with E-state index < -0.39 is 17.8 Å². The van der Waals surface area contributed by atoms with Gasteiger partial charge in [0.25, 0.3) is 5.91 Å². The molecule has 1 rings (SSSR count). The highest BCUT2D eigenvalue weighted by Crippen LogP contribution is 2.05. The van der Waals surface area contributed by atoms with E-state index in [1.807, 2.05) is 6.26 Å². The molecule has 0 spiro atoms. The third kappa shape index (κ3) is 7.11. The van der Waals surface area contributed by atoms with Crippen LogP contribution in [-0.2, 0) is 4.79 Å². The number of nitrogens with two attached hydrogens (primary N) is 1. The lowest BCUT2D eigenvalue weighted by molar-refractivity contribution is -0.122. The summed E-state index contributed by atoms with van der Waals surface area (Å²) >= 11 is 1.63. The predicted molar refractivity (Wildman–Crippen MR) is 90.0 cm³/mol. The third-order valence-electron chi connectivity index (χ3n) is 2.80. The van der Waals surface area contributed by atoms with E-state index in [0.29, 0.717) is 6.42 Å². The molecule has 0 aromatic heterocycles. The van der Waals surface area contributed by atoms with Gasteiger partial charge in [0, 0.05) is 13.1 Å². The monoisotopic (exact) mass is 349 g/mol. The van der Waals surface area contributed by atoms with Crippen molar-refractivity contribution in [3.8, 4) is 0 Å². The molecule has 4 N–H and O–H groups in total. The Kier molecular flexibility index (Phi) is 10.6. The molecule has 0 saturated heterocycles. The van der Waals surface area contributed by atoms with Gasteiger partial charge in [-0.05, 0) is 30.6 Å². The van der Waals surface area contributed by atoms with Crippen molar-refractivity contribution in [3.05, 3.63) is 35.6 Å². The molecular formula is C14H21ClFN3O2S. The second-order valence-electron chi connectivity index (χ2n) is 4.41. The minimum atomic E-state index is -0.571. The minimum absolute atomic E-state index is 0. The molecule has 124 valence electrons. The van der Waals surface area contributed by atoms with Crippen LogP contribution in [0.1, 0.15) is 16.8 Å². The number of carbonyl (C=O) groups excluding carboxylic acids is 2. The van der Waals surface area contributed by atoms with Gasteiger partial charge in [0.2, 0.25) is 5.91 Å². The van der Waals surface area contributed by atoms with E-state index in [0.717, 1.165) is 5.75 Å². The first-order chi connectivity index (χ1) is 10.1. The van der Waals surface area contributed by atoms with Crippen LogP contribution in [0.2, 0.25) is 0 Å². The topological polar surface area (TPSA) is 84.2 Å². The van der Waals surface area contributed by atoms with Gasteiger partial charge in [0.05, 0.1) is 11.6 Å². The van der Waals surface area contributed by atoms with Gasteiger partial charge in [0.15, 0.2) is 0 Å². The quantitative estimate of drug-likeness (QED) is 0.615. The number of nitrogens with one attached hydrogen (secondary N) is 2. The molecule has 0 saturated carbocycles. The summed E-state index contributed by atoms with van der Waals surface area (Å²) in [4.78, 5) is 23.3. The average molecular weight is 350 g/mol. The molecule has 5 nitrogen and oxygen atoms in total. The molecule has 1 aromatic rings. The molecule has 0 radical (unpaired) electrons. The lowest BCUT2D eigenvalue weighted by Crippen LogP contribution is -2.43. The van der Waals surface area contributed by atoms with Crippen molar-refractivity contribution in [1.29, 1.82) is 0 Å². The second-order valence-corrected chi connectivity index (χ2v) is 5.40. The summed E-state index contributed by atoms with van der Waals surface area (Å²) in [5.74, 6) is -0.505. The van der Waals surface area contributed by atoms with Crippen LogP contribution in [0.5, 0.6) is 0 Å². The lowest BCUT2D eigenvalue weighted by atomic mass is 10.2. The molecule has 0 aliphatic heterocycles. The zero-order valence-corrected chi connectivity index (χ0v) is 13.9. The largest absolute Gasteiger partial charge is 0.353 e. The molecule has 0 aliphatic rings. The Labute approximate surface area is 140 Å². The maximum Gasteiger partial charge on any atom is 0.254 e. The normalized spacial score (nSPS) is 11.2. The summed E-state index contributed by atoms with van der Waals surface area (Å²) in [6, 6.07) is 5.19. The molecular weight excluding hydrogens is 329 g/mol. The van der Waals surface area contributed by atoms with Gasteiger partial charge in [-0.1, -0.05) is 12.1 Å². The van der Waals surface area contributed by atoms with Crippen molar-refractivity contribution < 1.29 is 14.0 Å². The van der Waals surface area contributed by atoms with Gasteiger partial charge in [-0.2, -0.15) is 11.8 Å². The van der Waals surface area contributed by atoms with Crippen LogP contribution in [0.4, 0.5) is 4.39 Å². The number of thioether (sulfide) groups is 1. The molecule has 1 aromatic carbocycles. The molecule has 2 amide bonds. The molecule has 1 atom stereocenters. The second kappa shape index (κ2) is 11.3. The Hall–Kier alpha value is -1.31. The number of amides is 2. The third-order valence-corrected chi connectivity index (χ3v) is 3.44. The van der Waals surface area contributed by atoms with Gasteiger partial charge in [-0.3, -0.25) is 9.59 Å². The van der Waals surface area contributed by atoms with E-state index in [2.05, 4.69) is 10.6 Å². The number of benzene rings is 1. The number of hydrogen-bond acceptors (Lipinski definition) is 4. The van der Waals surface area contributed by atoms with E-state index in [-0.39, 0.29) is 37.0 Å². The summed E-state index contributed by atoms with van der Waals surface area (Å²) < 4.78 is 13.4. The first-order valence-corrected chi connectivity index (χ1v) is 8.00. The Morgan fingerprint density at radius 2 is 1.91 bits per heavy atom. The fourth-order valence-electron chi connectivity index (χ4n) is 1.61. The van der Waals surface area contributed by atoms with E-state index >= 15 is 0 Å². The highest BCUT2D eigenvalue weighted by Gasteiger charge is 2.13. The first kappa shape index (κ1) is 20.7. The van der Waals surface area contributed by atoms with Gasteiger partial charge >= 0.3 is 0 Å². The molecule has 0 bridgehead atoms. The van der Waals surface area contributed by atoms with Crippen LogP contribution in [0.25, 0.3) is 0 Å². The number of halogens is 2. The summed E-state index contributed by atoms with van der Waals surface area (Å²) in [6.45, 7) is 0.472. The Morgan fingerprint density at radius 3 is 2.55 bits per heavy atom. The number of carbonyl (C=O) groups is 2. The zero-order valence-electron chi connectivity index (χ0n) is 12.3. The van der Waals surface area contributed by atoms with Gasteiger partial charge < -0.3 is 16.4 Å².